The minimum absolute atomic E-state index is 0.964. The molecule has 0 aliphatic rings. The molecule has 0 heterocycles. The number of rotatable bonds is 6. The number of benzene rings is 2. The van der Waals surface area contributed by atoms with Crippen LogP contribution in [0.5, 0.6) is 0 Å². The van der Waals surface area contributed by atoms with Crippen molar-refractivity contribution in [2.75, 3.05) is 5.75 Å². The van der Waals surface area contributed by atoms with E-state index in [0.29, 0.717) is 0 Å². The predicted octanol–water partition coefficient (Wildman–Crippen LogP) is 5.98. The summed E-state index contributed by atoms with van der Waals surface area (Å²) in [4.78, 5) is 0. The molecule has 2 aromatic carbocycles. The molecule has 0 amide bonds. The van der Waals surface area contributed by atoms with E-state index in [9.17, 15) is 0 Å². The number of unbranched alkanes of at least 4 members (excludes halogenated alkanes) is 1. The van der Waals surface area contributed by atoms with Crippen LogP contribution in [-0.2, 0) is 0 Å². The van der Waals surface area contributed by atoms with Gasteiger partial charge in [0, 0.05) is 0 Å². The van der Waals surface area contributed by atoms with Gasteiger partial charge in [-0.3, -0.25) is 0 Å². The van der Waals surface area contributed by atoms with Crippen molar-refractivity contribution in [2.45, 2.75) is 19.8 Å². The van der Waals surface area contributed by atoms with Crippen LogP contribution in [0.25, 0.3) is 5.57 Å². The molecule has 0 spiro atoms. The molecular formula is C19H20S2. The molecule has 0 N–H and O–H groups in total. The van der Waals surface area contributed by atoms with E-state index in [1.54, 1.807) is 11.8 Å². The summed E-state index contributed by atoms with van der Waals surface area (Å²) in [5.74, 6) is 1.10. The average molecular weight is 313 g/mol. The lowest BCUT2D eigenvalue weighted by Crippen LogP contribution is -1.92. The highest BCUT2D eigenvalue weighted by molar-refractivity contribution is 8.23. The van der Waals surface area contributed by atoms with Crippen molar-refractivity contribution in [3.63, 3.8) is 0 Å². The fourth-order valence-corrected chi connectivity index (χ4v) is 3.25. The third kappa shape index (κ3) is 5.14. The first-order chi connectivity index (χ1) is 10.3. The van der Waals surface area contributed by atoms with Gasteiger partial charge in [0.1, 0.15) is 0 Å². The van der Waals surface area contributed by atoms with Gasteiger partial charge in [-0.15, -0.1) is 11.8 Å². The topological polar surface area (TPSA) is 0 Å². The first-order valence-electron chi connectivity index (χ1n) is 7.30. The maximum Gasteiger partial charge on any atom is 0.0712 e. The zero-order valence-electron chi connectivity index (χ0n) is 12.3. The van der Waals surface area contributed by atoms with Gasteiger partial charge in [-0.25, -0.2) is 0 Å². The first-order valence-corrected chi connectivity index (χ1v) is 8.70. The Morgan fingerprint density at radius 2 is 1.48 bits per heavy atom. The number of hydrogen-bond donors (Lipinski definition) is 0. The SMILES string of the molecule is CCCCSC(=S)C=C(c1ccccc1)c1ccccc1. The standard InChI is InChI=1S/C19H20S2/c1-2-3-14-21-19(20)15-18(16-10-6-4-7-11-16)17-12-8-5-9-13-17/h4-13,15H,2-3,14H2,1H3. The normalized spacial score (nSPS) is 10.1. The summed E-state index contributed by atoms with van der Waals surface area (Å²) in [6.07, 6.45) is 4.56. The lowest BCUT2D eigenvalue weighted by atomic mass is 9.98. The van der Waals surface area contributed by atoms with Gasteiger partial charge in [-0.05, 0) is 34.9 Å². The largest absolute Gasteiger partial charge is 0.115 e. The van der Waals surface area contributed by atoms with Crippen molar-refractivity contribution in [2.24, 2.45) is 0 Å². The fourth-order valence-electron chi connectivity index (χ4n) is 2.05. The van der Waals surface area contributed by atoms with Crippen molar-refractivity contribution in [3.8, 4) is 0 Å². The van der Waals surface area contributed by atoms with Crippen molar-refractivity contribution in [1.82, 2.24) is 0 Å². The second kappa shape index (κ2) is 8.81. The maximum atomic E-state index is 5.53. The third-order valence-corrected chi connectivity index (χ3v) is 4.54. The molecule has 0 saturated heterocycles. The molecule has 0 aromatic heterocycles. The Kier molecular flexibility index (Phi) is 6.71. The monoisotopic (exact) mass is 312 g/mol. The second-order valence-electron chi connectivity index (χ2n) is 4.81. The van der Waals surface area contributed by atoms with Crippen LogP contribution in [0.4, 0.5) is 0 Å². The summed E-state index contributed by atoms with van der Waals surface area (Å²) < 4.78 is 0.964. The van der Waals surface area contributed by atoms with Crippen LogP contribution < -0.4 is 0 Å². The van der Waals surface area contributed by atoms with E-state index in [1.807, 2.05) is 12.1 Å². The molecule has 0 bridgehead atoms. The molecule has 2 heteroatoms. The lowest BCUT2D eigenvalue weighted by molar-refractivity contribution is 0.898. The summed E-state index contributed by atoms with van der Waals surface area (Å²) in [5, 5.41) is 0. The Hall–Kier alpha value is -1.38. The molecule has 0 aliphatic carbocycles. The molecule has 0 fully saturated rings. The van der Waals surface area contributed by atoms with E-state index in [2.05, 4.69) is 61.5 Å². The van der Waals surface area contributed by atoms with Gasteiger partial charge in [-0.1, -0.05) is 86.2 Å². The van der Waals surface area contributed by atoms with Crippen LogP contribution in [0.15, 0.2) is 66.7 Å². The highest BCUT2D eigenvalue weighted by Gasteiger charge is 2.05. The summed E-state index contributed by atoms with van der Waals surface area (Å²) in [6.45, 7) is 2.21. The average Bonchev–Trinajstić information content (AvgIpc) is 2.54. The van der Waals surface area contributed by atoms with Gasteiger partial charge in [0.05, 0.1) is 4.20 Å². The van der Waals surface area contributed by atoms with Crippen LogP contribution in [0.3, 0.4) is 0 Å². The molecule has 0 nitrogen and oxygen atoms in total. The van der Waals surface area contributed by atoms with E-state index < -0.39 is 0 Å². The van der Waals surface area contributed by atoms with Crippen molar-refractivity contribution in [3.05, 3.63) is 77.9 Å². The Morgan fingerprint density at radius 1 is 0.952 bits per heavy atom. The van der Waals surface area contributed by atoms with Gasteiger partial charge in [0.15, 0.2) is 0 Å². The maximum absolute atomic E-state index is 5.53. The van der Waals surface area contributed by atoms with E-state index in [-0.39, 0.29) is 0 Å². The molecule has 2 rings (SSSR count). The second-order valence-corrected chi connectivity index (χ2v) is 6.65. The minimum Gasteiger partial charge on any atom is -0.115 e. The summed E-state index contributed by atoms with van der Waals surface area (Å²) in [5.41, 5.74) is 3.62. The van der Waals surface area contributed by atoms with E-state index in [1.165, 1.54) is 29.5 Å². The molecule has 21 heavy (non-hydrogen) atoms. The summed E-state index contributed by atoms with van der Waals surface area (Å²) in [6, 6.07) is 20.9. The molecule has 0 aliphatic heterocycles. The van der Waals surface area contributed by atoms with Crippen LogP contribution >= 0.6 is 24.0 Å². The summed E-state index contributed by atoms with van der Waals surface area (Å²) >= 11 is 7.30. The molecule has 0 saturated carbocycles. The van der Waals surface area contributed by atoms with Gasteiger partial charge >= 0.3 is 0 Å². The molecule has 0 radical (unpaired) electrons. The third-order valence-electron chi connectivity index (χ3n) is 3.17. The number of hydrogen-bond acceptors (Lipinski definition) is 2. The van der Waals surface area contributed by atoms with E-state index in [4.69, 9.17) is 12.2 Å². The molecule has 2 aromatic rings. The number of thiocarbonyl (C=S) groups is 1. The van der Waals surface area contributed by atoms with E-state index >= 15 is 0 Å². The van der Waals surface area contributed by atoms with Crippen LogP contribution in [0, 0.1) is 0 Å². The zero-order valence-corrected chi connectivity index (χ0v) is 13.9. The quantitative estimate of drug-likeness (QED) is 0.365. The number of thioether (sulfide) groups is 1. The van der Waals surface area contributed by atoms with Crippen molar-refractivity contribution < 1.29 is 0 Å². The molecule has 0 unspecified atom stereocenters. The smallest absolute Gasteiger partial charge is 0.0712 e. The Morgan fingerprint density at radius 3 is 1.95 bits per heavy atom. The predicted molar refractivity (Wildman–Crippen MR) is 99.9 cm³/mol. The summed E-state index contributed by atoms with van der Waals surface area (Å²) in [7, 11) is 0. The van der Waals surface area contributed by atoms with Crippen LogP contribution in [-0.4, -0.2) is 9.95 Å². The highest BCUT2D eigenvalue weighted by atomic mass is 32.2. The molecule has 0 atom stereocenters. The van der Waals surface area contributed by atoms with E-state index in [0.717, 1.165) is 9.95 Å². The minimum atomic E-state index is 0.964. The Labute approximate surface area is 137 Å². The van der Waals surface area contributed by atoms with Crippen LogP contribution in [0.2, 0.25) is 0 Å². The van der Waals surface area contributed by atoms with Gasteiger partial charge in [0.2, 0.25) is 0 Å². The molecular weight excluding hydrogens is 292 g/mol. The lowest BCUT2D eigenvalue weighted by Gasteiger charge is -2.09. The van der Waals surface area contributed by atoms with Gasteiger partial charge in [0.25, 0.3) is 0 Å². The van der Waals surface area contributed by atoms with Crippen molar-refractivity contribution in [1.29, 1.82) is 0 Å². The Bertz CT molecular complexity index is 544. The first kappa shape index (κ1) is 16.0. The highest BCUT2D eigenvalue weighted by Crippen LogP contribution is 2.25. The van der Waals surface area contributed by atoms with Gasteiger partial charge in [-0.2, -0.15) is 0 Å². The van der Waals surface area contributed by atoms with Gasteiger partial charge < -0.3 is 0 Å². The van der Waals surface area contributed by atoms with Crippen LogP contribution in [0.1, 0.15) is 30.9 Å². The molecule has 108 valence electrons. The van der Waals surface area contributed by atoms with Crippen molar-refractivity contribution >= 4 is 33.7 Å². The zero-order chi connectivity index (χ0) is 14.9. The fraction of sp³-hybridized carbons (Fsp3) is 0.211. The Balaban J connectivity index is 2.27.